The highest BCUT2D eigenvalue weighted by Gasteiger charge is 2.20. The average Bonchev–Trinajstić information content (AvgIpc) is 3.19. The molecule has 0 atom stereocenters. The number of ether oxygens (including phenoxy) is 1. The molecule has 4 heteroatoms. The zero-order chi connectivity index (χ0) is 14.5. The fourth-order valence-corrected chi connectivity index (χ4v) is 2.20. The van der Waals surface area contributed by atoms with Crippen LogP contribution in [0.1, 0.15) is 37.8 Å². The molecule has 0 spiro atoms. The number of nitrogens with one attached hydrogen (secondary N) is 1. The standard InChI is InChI=1S/C16H27N3O/c1-12(2)20-8-7-19(4)16-13(3)9-14(11-18-16)10-17-15-5-6-15/h9,11-12,15,17H,5-8,10H2,1-4H3. The van der Waals surface area contributed by atoms with Gasteiger partial charge in [-0.05, 0) is 50.8 Å². The summed E-state index contributed by atoms with van der Waals surface area (Å²) in [5, 5.41) is 3.52. The van der Waals surface area contributed by atoms with Gasteiger partial charge in [0, 0.05) is 32.4 Å². The van der Waals surface area contributed by atoms with Crippen LogP contribution >= 0.6 is 0 Å². The molecular weight excluding hydrogens is 250 g/mol. The maximum absolute atomic E-state index is 5.59. The second-order valence-electron chi connectivity index (χ2n) is 5.98. The first-order valence-electron chi connectivity index (χ1n) is 7.58. The Balaban J connectivity index is 1.86. The van der Waals surface area contributed by atoms with Gasteiger partial charge < -0.3 is 15.0 Å². The largest absolute Gasteiger partial charge is 0.377 e. The van der Waals surface area contributed by atoms with E-state index in [0.29, 0.717) is 0 Å². The maximum Gasteiger partial charge on any atom is 0.131 e. The molecule has 0 aromatic carbocycles. The number of aromatic nitrogens is 1. The number of likely N-dealkylation sites (N-methyl/N-ethyl adjacent to an activating group) is 1. The highest BCUT2D eigenvalue weighted by atomic mass is 16.5. The van der Waals surface area contributed by atoms with E-state index in [2.05, 4.69) is 49.1 Å². The van der Waals surface area contributed by atoms with Crippen molar-refractivity contribution in [2.45, 2.75) is 52.3 Å². The van der Waals surface area contributed by atoms with Crippen LogP contribution in [-0.2, 0) is 11.3 Å². The van der Waals surface area contributed by atoms with Crippen molar-refractivity contribution in [2.75, 3.05) is 25.1 Å². The Labute approximate surface area is 122 Å². The second kappa shape index (κ2) is 7.04. The SMILES string of the molecule is Cc1cc(CNC2CC2)cnc1N(C)CCOC(C)C. The Hall–Kier alpha value is -1.13. The van der Waals surface area contributed by atoms with Crippen LogP contribution in [0, 0.1) is 6.92 Å². The summed E-state index contributed by atoms with van der Waals surface area (Å²) in [6, 6.07) is 2.98. The third-order valence-corrected chi connectivity index (χ3v) is 3.52. The summed E-state index contributed by atoms with van der Waals surface area (Å²) in [7, 11) is 2.07. The van der Waals surface area contributed by atoms with Crippen LogP contribution in [0.25, 0.3) is 0 Å². The van der Waals surface area contributed by atoms with Crippen LogP contribution in [0.5, 0.6) is 0 Å². The second-order valence-corrected chi connectivity index (χ2v) is 5.98. The molecule has 1 heterocycles. The van der Waals surface area contributed by atoms with Gasteiger partial charge in [-0.2, -0.15) is 0 Å². The monoisotopic (exact) mass is 277 g/mol. The van der Waals surface area contributed by atoms with E-state index in [1.165, 1.54) is 24.0 Å². The molecule has 112 valence electrons. The first kappa shape index (κ1) is 15.3. The molecule has 20 heavy (non-hydrogen) atoms. The quantitative estimate of drug-likeness (QED) is 0.792. The average molecular weight is 277 g/mol. The molecule has 0 saturated heterocycles. The van der Waals surface area contributed by atoms with Crippen LogP contribution in [0.15, 0.2) is 12.3 Å². The lowest BCUT2D eigenvalue weighted by Gasteiger charge is -2.21. The number of anilines is 1. The highest BCUT2D eigenvalue weighted by Crippen LogP contribution is 2.20. The summed E-state index contributed by atoms with van der Waals surface area (Å²) < 4.78 is 5.59. The maximum atomic E-state index is 5.59. The van der Waals surface area contributed by atoms with Crippen molar-refractivity contribution in [1.82, 2.24) is 10.3 Å². The van der Waals surface area contributed by atoms with Gasteiger partial charge in [-0.15, -0.1) is 0 Å². The molecule has 1 N–H and O–H groups in total. The Bertz CT molecular complexity index is 430. The van der Waals surface area contributed by atoms with Crippen molar-refractivity contribution in [3.8, 4) is 0 Å². The van der Waals surface area contributed by atoms with Crippen molar-refractivity contribution in [3.05, 3.63) is 23.4 Å². The topological polar surface area (TPSA) is 37.4 Å². The van der Waals surface area contributed by atoms with E-state index in [1.54, 1.807) is 0 Å². The molecule has 1 aliphatic carbocycles. The number of hydrogen-bond acceptors (Lipinski definition) is 4. The lowest BCUT2D eigenvalue weighted by Crippen LogP contribution is -2.25. The minimum absolute atomic E-state index is 0.285. The molecular formula is C16H27N3O. The summed E-state index contributed by atoms with van der Waals surface area (Å²) in [4.78, 5) is 6.77. The molecule has 0 radical (unpaired) electrons. The molecule has 0 aliphatic heterocycles. The Morgan fingerprint density at radius 1 is 1.45 bits per heavy atom. The zero-order valence-corrected chi connectivity index (χ0v) is 13.1. The Kier molecular flexibility index (Phi) is 5.38. The summed E-state index contributed by atoms with van der Waals surface area (Å²) in [5.74, 6) is 1.05. The van der Waals surface area contributed by atoms with Crippen molar-refractivity contribution >= 4 is 5.82 Å². The molecule has 1 fully saturated rings. The summed E-state index contributed by atoms with van der Waals surface area (Å²) in [5.41, 5.74) is 2.50. The smallest absolute Gasteiger partial charge is 0.131 e. The lowest BCUT2D eigenvalue weighted by molar-refractivity contribution is 0.0845. The van der Waals surface area contributed by atoms with Gasteiger partial charge in [0.15, 0.2) is 0 Å². The first-order valence-corrected chi connectivity index (χ1v) is 7.58. The van der Waals surface area contributed by atoms with E-state index in [1.807, 2.05) is 6.20 Å². The molecule has 2 rings (SSSR count). The van der Waals surface area contributed by atoms with E-state index in [4.69, 9.17) is 4.74 Å². The summed E-state index contributed by atoms with van der Waals surface area (Å²) in [6.07, 6.45) is 4.91. The van der Waals surface area contributed by atoms with Crippen LogP contribution < -0.4 is 10.2 Å². The fraction of sp³-hybridized carbons (Fsp3) is 0.688. The van der Waals surface area contributed by atoms with Crippen LogP contribution in [0.4, 0.5) is 5.82 Å². The summed E-state index contributed by atoms with van der Waals surface area (Å²) >= 11 is 0. The minimum atomic E-state index is 0.285. The van der Waals surface area contributed by atoms with Crippen LogP contribution in [0.2, 0.25) is 0 Å². The molecule has 1 aliphatic rings. The van der Waals surface area contributed by atoms with E-state index >= 15 is 0 Å². The van der Waals surface area contributed by atoms with Gasteiger partial charge in [0.25, 0.3) is 0 Å². The van der Waals surface area contributed by atoms with Crippen molar-refractivity contribution in [3.63, 3.8) is 0 Å². The number of pyridine rings is 1. The van der Waals surface area contributed by atoms with Crippen molar-refractivity contribution in [2.24, 2.45) is 0 Å². The Morgan fingerprint density at radius 3 is 2.80 bits per heavy atom. The fourth-order valence-electron chi connectivity index (χ4n) is 2.20. The predicted molar refractivity (Wildman–Crippen MR) is 83.2 cm³/mol. The molecule has 0 bridgehead atoms. The first-order chi connectivity index (χ1) is 9.56. The van der Waals surface area contributed by atoms with Gasteiger partial charge in [0.2, 0.25) is 0 Å². The number of nitrogens with zero attached hydrogens (tertiary/aromatic N) is 2. The molecule has 1 aromatic heterocycles. The number of aryl methyl sites for hydroxylation is 1. The molecule has 4 nitrogen and oxygen atoms in total. The van der Waals surface area contributed by atoms with E-state index in [0.717, 1.165) is 31.6 Å². The highest BCUT2D eigenvalue weighted by molar-refractivity contribution is 5.46. The zero-order valence-electron chi connectivity index (χ0n) is 13.1. The Morgan fingerprint density at radius 2 is 2.20 bits per heavy atom. The molecule has 0 amide bonds. The normalized spacial score (nSPS) is 14.8. The molecule has 1 saturated carbocycles. The van der Waals surface area contributed by atoms with E-state index in [-0.39, 0.29) is 6.10 Å². The number of rotatable bonds is 8. The van der Waals surface area contributed by atoms with Crippen LogP contribution in [0.3, 0.4) is 0 Å². The van der Waals surface area contributed by atoms with Crippen LogP contribution in [-0.4, -0.2) is 37.3 Å². The van der Waals surface area contributed by atoms with Gasteiger partial charge in [0.1, 0.15) is 5.82 Å². The summed E-state index contributed by atoms with van der Waals surface area (Å²) in [6.45, 7) is 8.78. The lowest BCUT2D eigenvalue weighted by atomic mass is 10.2. The van der Waals surface area contributed by atoms with E-state index in [9.17, 15) is 0 Å². The number of hydrogen-bond donors (Lipinski definition) is 1. The van der Waals surface area contributed by atoms with Crippen molar-refractivity contribution < 1.29 is 4.74 Å². The van der Waals surface area contributed by atoms with Crippen molar-refractivity contribution in [1.29, 1.82) is 0 Å². The molecule has 0 unspecified atom stereocenters. The van der Waals surface area contributed by atoms with Gasteiger partial charge in [-0.1, -0.05) is 0 Å². The minimum Gasteiger partial charge on any atom is -0.377 e. The predicted octanol–water partition coefficient (Wildman–Crippen LogP) is 2.50. The third kappa shape index (κ3) is 4.76. The molecule has 1 aromatic rings. The van der Waals surface area contributed by atoms with E-state index < -0.39 is 0 Å². The van der Waals surface area contributed by atoms with Gasteiger partial charge in [-0.25, -0.2) is 4.98 Å². The van der Waals surface area contributed by atoms with Gasteiger partial charge >= 0.3 is 0 Å². The van der Waals surface area contributed by atoms with Gasteiger partial charge in [-0.3, -0.25) is 0 Å². The third-order valence-electron chi connectivity index (χ3n) is 3.52. The van der Waals surface area contributed by atoms with Gasteiger partial charge in [0.05, 0.1) is 12.7 Å².